The highest BCUT2D eigenvalue weighted by molar-refractivity contribution is 7.80. The van der Waals surface area contributed by atoms with Crippen molar-refractivity contribution in [1.29, 1.82) is 0 Å². The zero-order chi connectivity index (χ0) is 25.5. The second kappa shape index (κ2) is 22.0. The topological polar surface area (TPSA) is 49.7 Å². The molecule has 0 aromatic heterocycles. The fourth-order valence-corrected chi connectivity index (χ4v) is 5.52. The molecule has 0 aliphatic carbocycles. The van der Waals surface area contributed by atoms with E-state index in [2.05, 4.69) is 20.8 Å². The van der Waals surface area contributed by atoms with E-state index in [-0.39, 0.29) is 11.8 Å². The van der Waals surface area contributed by atoms with Crippen LogP contribution in [0.2, 0.25) is 0 Å². The van der Waals surface area contributed by atoms with E-state index in [0.717, 1.165) is 0 Å². The fraction of sp³-hybridized carbons (Fsp3) is 0.967. The van der Waals surface area contributed by atoms with Gasteiger partial charge in [-0.05, 0) is 36.9 Å². The molecule has 0 saturated heterocycles. The van der Waals surface area contributed by atoms with Gasteiger partial charge in [-0.3, -0.25) is 0 Å². The monoisotopic (exact) mass is 500 g/mol. The van der Waals surface area contributed by atoms with Gasteiger partial charge >= 0.3 is 5.97 Å². The molecule has 3 nitrogen and oxygen atoms in total. The third kappa shape index (κ3) is 19.1. The first-order chi connectivity index (χ1) is 16.3. The Hall–Kier alpha value is -0.190. The number of unbranched alkanes of at least 4 members (excludes halogenated alkanes) is 15. The molecule has 0 heterocycles. The van der Waals surface area contributed by atoms with Crippen LogP contribution in [0.1, 0.15) is 175 Å². The van der Waals surface area contributed by atoms with Gasteiger partial charge in [0, 0.05) is 12.8 Å². The third-order valence-electron chi connectivity index (χ3n) is 7.44. The van der Waals surface area contributed by atoms with Crippen molar-refractivity contribution in [2.75, 3.05) is 0 Å². The van der Waals surface area contributed by atoms with Gasteiger partial charge in [0.1, 0.15) is 0 Å². The van der Waals surface area contributed by atoms with Gasteiger partial charge < -0.3 is 14.9 Å². The molecule has 0 bridgehead atoms. The Morgan fingerprint density at radius 1 is 0.559 bits per heavy atom. The fourth-order valence-electron chi connectivity index (χ4n) is 5.08. The van der Waals surface area contributed by atoms with Gasteiger partial charge in [-0.2, -0.15) is 0 Å². The van der Waals surface area contributed by atoms with Crippen molar-refractivity contribution in [3.05, 3.63) is 0 Å². The quantitative estimate of drug-likeness (QED) is 0.0743. The van der Waals surface area contributed by atoms with Gasteiger partial charge in [0.25, 0.3) is 0 Å². The van der Waals surface area contributed by atoms with Gasteiger partial charge in [-0.25, -0.2) is 0 Å². The van der Waals surface area contributed by atoms with E-state index in [1.54, 1.807) is 6.92 Å². The van der Waals surface area contributed by atoms with Gasteiger partial charge in [-0.1, -0.05) is 143 Å². The highest BCUT2D eigenvalue weighted by Gasteiger charge is 2.33. The number of rotatable bonds is 25. The summed E-state index contributed by atoms with van der Waals surface area (Å²) < 4.78 is 5.46. The summed E-state index contributed by atoms with van der Waals surface area (Å²) in [5.41, 5.74) is 0.140. The average molecular weight is 501 g/mol. The summed E-state index contributed by atoms with van der Waals surface area (Å²) >= 11 is 5.58. The molecule has 0 amide bonds. The Morgan fingerprint density at radius 3 is 1.21 bits per heavy atom. The molecular formula is C30H60O3S. The lowest BCUT2D eigenvalue weighted by molar-refractivity contribution is -0.301. The Kier molecular flexibility index (Phi) is 21.9. The Morgan fingerprint density at radius 2 is 0.882 bits per heavy atom. The van der Waals surface area contributed by atoms with E-state index in [9.17, 15) is 10.2 Å². The van der Waals surface area contributed by atoms with Gasteiger partial charge in [0.05, 0.1) is 0 Å². The predicted octanol–water partition coefficient (Wildman–Crippen LogP) is 10.0. The molecule has 0 aromatic carbocycles. The van der Waals surface area contributed by atoms with E-state index in [1.165, 1.54) is 135 Å². The summed E-state index contributed by atoms with van der Waals surface area (Å²) in [5, 5.41) is 20.4. The van der Waals surface area contributed by atoms with Crippen molar-refractivity contribution in [2.24, 2.45) is 5.41 Å². The Bertz CT molecular complexity index is 423. The highest BCUT2D eigenvalue weighted by atomic mass is 32.1. The normalized spacial score (nSPS) is 12.3. The standard InChI is InChI=1S/C30H60O3S/c1-5-9-12-15-18-21-24-29(25-22-19-16-13-10-6-2,26-23-20-17-14-11-7-3)27-28(34)33-30(31,32)8-4/h31-32H,5-27H2,1-4H3. The van der Waals surface area contributed by atoms with Crippen molar-refractivity contribution >= 4 is 17.3 Å². The van der Waals surface area contributed by atoms with Crippen LogP contribution in [-0.4, -0.2) is 21.2 Å². The van der Waals surface area contributed by atoms with Crippen molar-refractivity contribution in [3.8, 4) is 0 Å². The molecule has 0 aliphatic rings. The summed E-state index contributed by atoms with van der Waals surface area (Å²) in [4.78, 5) is 0. The van der Waals surface area contributed by atoms with E-state index >= 15 is 0 Å². The van der Waals surface area contributed by atoms with Crippen LogP contribution in [0.4, 0.5) is 0 Å². The minimum Gasteiger partial charge on any atom is -0.432 e. The number of hydrogen-bond donors (Lipinski definition) is 2. The molecule has 0 rings (SSSR count). The first kappa shape index (κ1) is 33.8. The van der Waals surface area contributed by atoms with Crippen molar-refractivity contribution < 1.29 is 14.9 Å². The van der Waals surface area contributed by atoms with Crippen LogP contribution in [-0.2, 0) is 4.74 Å². The lowest BCUT2D eigenvalue weighted by Gasteiger charge is -2.36. The summed E-state index contributed by atoms with van der Waals surface area (Å²) in [6.07, 6.45) is 27.8. The first-order valence-electron chi connectivity index (χ1n) is 15.0. The van der Waals surface area contributed by atoms with Crippen molar-refractivity contribution in [3.63, 3.8) is 0 Å². The minimum absolute atomic E-state index is 0.117. The average Bonchev–Trinajstić information content (AvgIpc) is 2.80. The van der Waals surface area contributed by atoms with Crippen LogP contribution >= 0.6 is 12.2 Å². The minimum atomic E-state index is -2.14. The summed E-state index contributed by atoms with van der Waals surface area (Å²) in [6, 6.07) is 0. The largest absolute Gasteiger partial charge is 0.432 e. The molecule has 0 spiro atoms. The number of thiocarbonyl (C=S) groups is 1. The van der Waals surface area contributed by atoms with Crippen LogP contribution in [0.5, 0.6) is 0 Å². The maximum Gasteiger partial charge on any atom is 0.321 e. The molecule has 0 atom stereocenters. The van der Waals surface area contributed by atoms with Gasteiger partial charge in [0.2, 0.25) is 0 Å². The SMILES string of the molecule is CCCCCCCCC(CCCCCCCC)(CCCCCCCC)CC(=S)OC(O)(O)CC. The Labute approximate surface area is 218 Å². The molecule has 4 heteroatoms. The molecule has 34 heavy (non-hydrogen) atoms. The summed E-state index contributed by atoms with van der Waals surface area (Å²) in [5.74, 6) is -2.14. The zero-order valence-corrected chi connectivity index (χ0v) is 24.3. The number of hydrogen-bond acceptors (Lipinski definition) is 4. The van der Waals surface area contributed by atoms with E-state index in [1.807, 2.05) is 0 Å². The van der Waals surface area contributed by atoms with Crippen LogP contribution in [0.3, 0.4) is 0 Å². The van der Waals surface area contributed by atoms with E-state index in [0.29, 0.717) is 11.5 Å². The Balaban J connectivity index is 5.14. The second-order valence-corrected chi connectivity index (χ2v) is 11.3. The van der Waals surface area contributed by atoms with Gasteiger partial charge in [-0.15, -0.1) is 0 Å². The lowest BCUT2D eigenvalue weighted by atomic mass is 9.71. The van der Waals surface area contributed by atoms with Crippen molar-refractivity contribution in [2.45, 2.75) is 181 Å². The smallest absolute Gasteiger partial charge is 0.321 e. The summed E-state index contributed by atoms with van der Waals surface area (Å²) in [7, 11) is 0. The zero-order valence-electron chi connectivity index (χ0n) is 23.5. The van der Waals surface area contributed by atoms with Gasteiger partial charge in [0.15, 0.2) is 5.05 Å². The number of ether oxygens (including phenoxy) is 1. The predicted molar refractivity (Wildman–Crippen MR) is 152 cm³/mol. The molecule has 2 N–H and O–H groups in total. The molecule has 0 fully saturated rings. The molecule has 0 saturated carbocycles. The maximum absolute atomic E-state index is 10.0. The molecule has 0 aromatic rings. The summed E-state index contributed by atoms with van der Waals surface area (Å²) in [6.45, 7) is 8.52. The first-order valence-corrected chi connectivity index (χ1v) is 15.4. The maximum atomic E-state index is 10.0. The molecule has 0 unspecified atom stereocenters. The molecule has 0 aliphatic heterocycles. The van der Waals surface area contributed by atoms with Crippen LogP contribution in [0, 0.1) is 5.41 Å². The van der Waals surface area contributed by atoms with Crippen molar-refractivity contribution in [1.82, 2.24) is 0 Å². The molecule has 204 valence electrons. The van der Waals surface area contributed by atoms with E-state index < -0.39 is 5.97 Å². The molecule has 0 radical (unpaired) electrons. The number of aliphatic hydroxyl groups is 2. The van der Waals surface area contributed by atoms with E-state index in [4.69, 9.17) is 17.0 Å². The third-order valence-corrected chi connectivity index (χ3v) is 7.67. The lowest BCUT2D eigenvalue weighted by Crippen LogP contribution is -2.35. The van der Waals surface area contributed by atoms with Crippen LogP contribution < -0.4 is 0 Å². The molecular weight excluding hydrogens is 440 g/mol. The van der Waals surface area contributed by atoms with Crippen LogP contribution in [0.15, 0.2) is 0 Å². The van der Waals surface area contributed by atoms with Crippen LogP contribution in [0.25, 0.3) is 0 Å². The second-order valence-electron chi connectivity index (χ2n) is 10.8. The highest BCUT2D eigenvalue weighted by Crippen LogP contribution is 2.41.